The molecule has 0 atom stereocenters. The summed E-state index contributed by atoms with van der Waals surface area (Å²) >= 11 is 6.69. The van der Waals surface area contributed by atoms with Crippen molar-refractivity contribution in [3.05, 3.63) is 58.5 Å². The second-order valence-electron chi connectivity index (χ2n) is 5.70. The van der Waals surface area contributed by atoms with Crippen LogP contribution in [0.5, 0.6) is 17.2 Å². The molecular weight excluding hydrogens is 382 g/mol. The first-order valence-corrected chi connectivity index (χ1v) is 9.39. The van der Waals surface area contributed by atoms with Crippen LogP contribution in [0.25, 0.3) is 6.08 Å². The van der Waals surface area contributed by atoms with Crippen molar-refractivity contribution in [2.45, 2.75) is 6.54 Å². The number of amides is 1. The lowest BCUT2D eigenvalue weighted by Crippen LogP contribution is -2.27. The van der Waals surface area contributed by atoms with Gasteiger partial charge in [-0.05, 0) is 17.7 Å². The van der Waals surface area contributed by atoms with Crippen LogP contribution in [0.2, 0.25) is 0 Å². The van der Waals surface area contributed by atoms with Gasteiger partial charge in [-0.3, -0.25) is 9.69 Å². The Morgan fingerprint density at radius 1 is 1.00 bits per heavy atom. The van der Waals surface area contributed by atoms with Gasteiger partial charge in [-0.1, -0.05) is 54.3 Å². The molecule has 0 N–H and O–H groups in total. The summed E-state index contributed by atoms with van der Waals surface area (Å²) in [5.74, 6) is 1.58. The van der Waals surface area contributed by atoms with Gasteiger partial charge in [-0.25, -0.2) is 0 Å². The minimum absolute atomic E-state index is 0.120. The summed E-state index contributed by atoms with van der Waals surface area (Å²) < 4.78 is 16.6. The summed E-state index contributed by atoms with van der Waals surface area (Å²) in [7, 11) is 4.69. The Balaban J connectivity index is 1.91. The number of thiocarbonyl (C=S) groups is 1. The molecule has 1 aliphatic heterocycles. The highest BCUT2D eigenvalue weighted by atomic mass is 32.2. The van der Waals surface area contributed by atoms with E-state index in [-0.39, 0.29) is 5.91 Å². The Kier molecular flexibility index (Phi) is 6.03. The van der Waals surface area contributed by atoms with Crippen molar-refractivity contribution >= 4 is 40.3 Å². The van der Waals surface area contributed by atoms with Gasteiger partial charge < -0.3 is 14.2 Å². The third kappa shape index (κ3) is 4.09. The maximum atomic E-state index is 12.9. The molecule has 2 aromatic rings. The van der Waals surface area contributed by atoms with Crippen LogP contribution in [-0.4, -0.2) is 36.5 Å². The molecule has 1 amide bonds. The Hall–Kier alpha value is -2.51. The van der Waals surface area contributed by atoms with Crippen LogP contribution in [0.1, 0.15) is 11.1 Å². The van der Waals surface area contributed by atoms with Crippen LogP contribution in [0.15, 0.2) is 47.4 Å². The molecule has 1 fully saturated rings. The van der Waals surface area contributed by atoms with Gasteiger partial charge in [-0.2, -0.15) is 0 Å². The molecule has 0 saturated carbocycles. The fraction of sp³-hybridized carbons (Fsp3) is 0.200. The predicted octanol–water partition coefficient (Wildman–Crippen LogP) is 4.11. The third-order valence-corrected chi connectivity index (χ3v) is 5.46. The normalized spacial score (nSPS) is 15.4. The van der Waals surface area contributed by atoms with Gasteiger partial charge in [0.25, 0.3) is 5.91 Å². The van der Waals surface area contributed by atoms with Gasteiger partial charge in [0, 0.05) is 11.6 Å². The summed E-state index contributed by atoms with van der Waals surface area (Å²) in [6.45, 7) is 0.450. The van der Waals surface area contributed by atoms with Crippen LogP contribution in [0.3, 0.4) is 0 Å². The Bertz CT molecular complexity index is 896. The highest BCUT2D eigenvalue weighted by Crippen LogP contribution is 2.39. The number of thioether (sulfide) groups is 1. The number of hydrogen-bond acceptors (Lipinski definition) is 6. The number of benzene rings is 2. The van der Waals surface area contributed by atoms with E-state index in [1.165, 1.54) is 11.8 Å². The molecule has 1 heterocycles. The van der Waals surface area contributed by atoms with Crippen LogP contribution >= 0.6 is 24.0 Å². The van der Waals surface area contributed by atoms with Gasteiger partial charge in [-0.15, -0.1) is 0 Å². The number of hydrogen-bond donors (Lipinski definition) is 0. The zero-order valence-electron chi connectivity index (χ0n) is 15.2. The first kappa shape index (κ1) is 19.3. The van der Waals surface area contributed by atoms with Gasteiger partial charge in [0.05, 0.1) is 32.8 Å². The summed E-state index contributed by atoms with van der Waals surface area (Å²) in [5.41, 5.74) is 1.74. The first-order chi connectivity index (χ1) is 13.1. The smallest absolute Gasteiger partial charge is 0.266 e. The second-order valence-corrected chi connectivity index (χ2v) is 7.38. The molecule has 1 saturated heterocycles. The third-order valence-electron chi connectivity index (χ3n) is 4.08. The second kappa shape index (κ2) is 8.45. The monoisotopic (exact) mass is 401 g/mol. The number of carbonyl (C=O) groups is 1. The molecule has 27 heavy (non-hydrogen) atoms. The minimum Gasteiger partial charge on any atom is -0.496 e. The molecule has 0 aliphatic carbocycles. The number of nitrogens with zero attached hydrogens (tertiary/aromatic N) is 1. The van der Waals surface area contributed by atoms with E-state index in [0.717, 1.165) is 11.1 Å². The van der Waals surface area contributed by atoms with Gasteiger partial charge >= 0.3 is 0 Å². The minimum atomic E-state index is -0.120. The fourth-order valence-electron chi connectivity index (χ4n) is 2.71. The van der Waals surface area contributed by atoms with E-state index < -0.39 is 0 Å². The SMILES string of the molecule is COc1cc(OC)c(OC)cc1/C=C1\SC(=S)N(Cc2ccccc2)C1=O. The van der Waals surface area contributed by atoms with Crippen LogP contribution in [-0.2, 0) is 11.3 Å². The Morgan fingerprint density at radius 2 is 1.63 bits per heavy atom. The highest BCUT2D eigenvalue weighted by molar-refractivity contribution is 8.26. The first-order valence-electron chi connectivity index (χ1n) is 8.16. The van der Waals surface area contributed by atoms with Gasteiger partial charge in [0.1, 0.15) is 10.1 Å². The van der Waals surface area contributed by atoms with Gasteiger partial charge in [0.2, 0.25) is 0 Å². The van der Waals surface area contributed by atoms with E-state index in [1.54, 1.807) is 44.4 Å². The summed E-state index contributed by atoms with van der Waals surface area (Å²) in [6, 6.07) is 13.3. The molecule has 0 aromatic heterocycles. The number of ether oxygens (including phenoxy) is 3. The maximum Gasteiger partial charge on any atom is 0.266 e. The number of rotatable bonds is 6. The van der Waals surface area contributed by atoms with Crippen LogP contribution in [0.4, 0.5) is 0 Å². The number of carbonyl (C=O) groups excluding carboxylic acids is 1. The lowest BCUT2D eigenvalue weighted by Gasteiger charge is -2.14. The zero-order chi connectivity index (χ0) is 19.4. The molecule has 2 aromatic carbocycles. The van der Waals surface area contributed by atoms with E-state index in [4.69, 9.17) is 26.4 Å². The molecule has 0 spiro atoms. The Labute approximate surface area is 167 Å². The molecule has 0 unspecified atom stereocenters. The topological polar surface area (TPSA) is 48.0 Å². The fourth-order valence-corrected chi connectivity index (χ4v) is 3.96. The van der Waals surface area contributed by atoms with Crippen molar-refractivity contribution in [3.8, 4) is 17.2 Å². The van der Waals surface area contributed by atoms with E-state index in [2.05, 4.69) is 0 Å². The standard InChI is InChI=1S/C20H19NO4S2/c1-23-15-11-17(25-3)16(24-2)9-14(15)10-18-19(22)21(20(26)27-18)12-13-7-5-4-6-8-13/h4-11H,12H2,1-3H3/b18-10-. The van der Waals surface area contributed by atoms with Gasteiger partial charge in [0.15, 0.2) is 11.5 Å². The van der Waals surface area contributed by atoms with Crippen molar-refractivity contribution in [2.75, 3.05) is 21.3 Å². The molecule has 1 aliphatic rings. The van der Waals surface area contributed by atoms with Crippen molar-refractivity contribution in [3.63, 3.8) is 0 Å². The van der Waals surface area contributed by atoms with Crippen molar-refractivity contribution in [1.29, 1.82) is 0 Å². The average molecular weight is 402 g/mol. The summed E-state index contributed by atoms with van der Waals surface area (Å²) in [6.07, 6.45) is 1.77. The van der Waals surface area contributed by atoms with E-state index in [0.29, 0.717) is 33.0 Å². The number of methoxy groups -OCH3 is 3. The van der Waals surface area contributed by atoms with Crippen molar-refractivity contribution in [1.82, 2.24) is 4.90 Å². The van der Waals surface area contributed by atoms with Crippen molar-refractivity contribution < 1.29 is 19.0 Å². The Morgan fingerprint density at radius 3 is 2.26 bits per heavy atom. The average Bonchev–Trinajstić information content (AvgIpc) is 2.95. The molecule has 0 radical (unpaired) electrons. The van der Waals surface area contributed by atoms with E-state index in [1.807, 2.05) is 30.3 Å². The zero-order valence-corrected chi connectivity index (χ0v) is 16.9. The predicted molar refractivity (Wildman–Crippen MR) is 111 cm³/mol. The lowest BCUT2D eigenvalue weighted by molar-refractivity contribution is -0.122. The van der Waals surface area contributed by atoms with Crippen molar-refractivity contribution in [2.24, 2.45) is 0 Å². The molecule has 7 heteroatoms. The van der Waals surface area contributed by atoms with Crippen LogP contribution < -0.4 is 14.2 Å². The van der Waals surface area contributed by atoms with Crippen LogP contribution in [0, 0.1) is 0 Å². The maximum absolute atomic E-state index is 12.9. The summed E-state index contributed by atoms with van der Waals surface area (Å²) in [4.78, 5) is 15.0. The highest BCUT2D eigenvalue weighted by Gasteiger charge is 2.32. The lowest BCUT2D eigenvalue weighted by atomic mass is 10.1. The van der Waals surface area contributed by atoms with E-state index in [9.17, 15) is 4.79 Å². The molecule has 3 rings (SSSR count). The molecular formula is C20H19NO4S2. The van der Waals surface area contributed by atoms with E-state index >= 15 is 0 Å². The molecule has 0 bridgehead atoms. The largest absolute Gasteiger partial charge is 0.496 e. The summed E-state index contributed by atoms with van der Waals surface area (Å²) in [5, 5.41) is 0. The molecule has 5 nitrogen and oxygen atoms in total. The molecule has 140 valence electrons. The quantitative estimate of drug-likeness (QED) is 0.536.